The second-order valence-electron chi connectivity index (χ2n) is 5.69. The summed E-state index contributed by atoms with van der Waals surface area (Å²) in [5, 5.41) is 10.6. The quantitative estimate of drug-likeness (QED) is 0.323. The van der Waals surface area contributed by atoms with E-state index in [2.05, 4.69) is 25.7 Å². The second kappa shape index (κ2) is 10.6. The first-order valence-corrected chi connectivity index (χ1v) is 8.45. The minimum Gasteiger partial charge on any atom is -0.357 e. The Morgan fingerprint density at radius 3 is 2.59 bits per heavy atom. The summed E-state index contributed by atoms with van der Waals surface area (Å²) < 4.78 is 15.0. The highest BCUT2D eigenvalue weighted by Gasteiger charge is 2.01. The molecule has 3 rings (SSSR count). The van der Waals surface area contributed by atoms with Crippen LogP contribution in [-0.4, -0.2) is 27.3 Å². The third kappa shape index (κ3) is 6.31. The van der Waals surface area contributed by atoms with E-state index in [-0.39, 0.29) is 29.8 Å². The molecule has 142 valence electrons. The lowest BCUT2D eigenvalue weighted by molar-refractivity contribution is 0.625. The van der Waals surface area contributed by atoms with Crippen molar-refractivity contribution in [3.05, 3.63) is 78.1 Å². The molecule has 0 bridgehead atoms. The molecule has 1 heterocycles. The number of guanidine groups is 1. The number of aromatic nitrogens is 3. The molecule has 6 nitrogen and oxygen atoms in total. The van der Waals surface area contributed by atoms with Gasteiger partial charge in [-0.05, 0) is 42.3 Å². The molecule has 0 unspecified atom stereocenters. The summed E-state index contributed by atoms with van der Waals surface area (Å²) in [6.07, 6.45) is 3.17. The predicted molar refractivity (Wildman–Crippen MR) is 115 cm³/mol. The van der Waals surface area contributed by atoms with Crippen molar-refractivity contribution in [2.75, 3.05) is 6.54 Å². The molecule has 0 amide bonds. The Balaban J connectivity index is 0.00000261. The van der Waals surface area contributed by atoms with Crippen molar-refractivity contribution >= 4 is 29.9 Å². The van der Waals surface area contributed by atoms with Crippen LogP contribution in [0.3, 0.4) is 0 Å². The molecule has 0 aliphatic rings. The second-order valence-corrected chi connectivity index (χ2v) is 5.69. The molecule has 27 heavy (non-hydrogen) atoms. The Kier molecular flexibility index (Phi) is 8.18. The molecule has 8 heteroatoms. The van der Waals surface area contributed by atoms with Gasteiger partial charge in [0, 0.05) is 13.1 Å². The number of hydrogen-bond acceptors (Lipinski definition) is 3. The average Bonchev–Trinajstić information content (AvgIpc) is 3.19. The maximum Gasteiger partial charge on any atom is 0.191 e. The molecule has 0 fully saturated rings. The number of aliphatic imine (C=N–C) groups is 1. The SMILES string of the molecule is CCNC(=NCc1cccc(F)c1)NCc1ccc(-n2cncn2)cc1.I. The highest BCUT2D eigenvalue weighted by atomic mass is 127. The minimum atomic E-state index is -0.247. The van der Waals surface area contributed by atoms with Crippen LogP contribution in [0.5, 0.6) is 0 Å². The monoisotopic (exact) mass is 480 g/mol. The predicted octanol–water partition coefficient (Wildman–Crippen LogP) is 3.28. The number of rotatable bonds is 6. The Labute approximate surface area is 175 Å². The first kappa shape index (κ1) is 20.8. The van der Waals surface area contributed by atoms with Gasteiger partial charge in [-0.25, -0.2) is 19.0 Å². The lowest BCUT2D eigenvalue weighted by Gasteiger charge is -2.12. The van der Waals surface area contributed by atoms with Crippen molar-refractivity contribution < 1.29 is 4.39 Å². The van der Waals surface area contributed by atoms with E-state index < -0.39 is 0 Å². The van der Waals surface area contributed by atoms with Crippen LogP contribution in [0.2, 0.25) is 0 Å². The van der Waals surface area contributed by atoms with E-state index in [0.29, 0.717) is 19.0 Å². The van der Waals surface area contributed by atoms with Crippen LogP contribution in [0.15, 0.2) is 66.2 Å². The van der Waals surface area contributed by atoms with Gasteiger partial charge in [-0.3, -0.25) is 0 Å². The minimum absolute atomic E-state index is 0. The third-order valence-electron chi connectivity index (χ3n) is 3.73. The molecule has 1 aromatic heterocycles. The fourth-order valence-corrected chi connectivity index (χ4v) is 2.44. The highest BCUT2D eigenvalue weighted by Crippen LogP contribution is 2.08. The smallest absolute Gasteiger partial charge is 0.191 e. The van der Waals surface area contributed by atoms with Crippen molar-refractivity contribution in [2.45, 2.75) is 20.0 Å². The fraction of sp³-hybridized carbons (Fsp3) is 0.211. The van der Waals surface area contributed by atoms with Gasteiger partial charge in [0.25, 0.3) is 0 Å². The summed E-state index contributed by atoms with van der Waals surface area (Å²) in [5.41, 5.74) is 2.91. The molecule has 2 aromatic carbocycles. The van der Waals surface area contributed by atoms with Gasteiger partial charge in [-0.1, -0.05) is 24.3 Å². The molecule has 0 aliphatic carbocycles. The zero-order chi connectivity index (χ0) is 18.2. The van der Waals surface area contributed by atoms with E-state index in [1.807, 2.05) is 37.3 Å². The Morgan fingerprint density at radius 1 is 1.11 bits per heavy atom. The van der Waals surface area contributed by atoms with E-state index in [0.717, 1.165) is 23.4 Å². The molecule has 2 N–H and O–H groups in total. The van der Waals surface area contributed by atoms with Crippen LogP contribution in [-0.2, 0) is 13.1 Å². The molecule has 0 spiro atoms. The lowest BCUT2D eigenvalue weighted by atomic mass is 10.2. The van der Waals surface area contributed by atoms with E-state index in [1.54, 1.807) is 17.1 Å². The van der Waals surface area contributed by atoms with Crippen LogP contribution in [0.25, 0.3) is 5.69 Å². The van der Waals surface area contributed by atoms with Crippen LogP contribution in [0.4, 0.5) is 4.39 Å². The summed E-state index contributed by atoms with van der Waals surface area (Å²) in [5.74, 6) is 0.445. The average molecular weight is 480 g/mol. The van der Waals surface area contributed by atoms with Crippen molar-refractivity contribution in [1.82, 2.24) is 25.4 Å². The van der Waals surface area contributed by atoms with Gasteiger partial charge in [0.1, 0.15) is 18.5 Å². The summed E-state index contributed by atoms with van der Waals surface area (Å²) in [4.78, 5) is 8.45. The first-order valence-electron chi connectivity index (χ1n) is 8.45. The van der Waals surface area contributed by atoms with Gasteiger partial charge >= 0.3 is 0 Å². The topological polar surface area (TPSA) is 67.1 Å². The first-order chi connectivity index (χ1) is 12.7. The summed E-state index contributed by atoms with van der Waals surface area (Å²) in [7, 11) is 0. The maximum atomic E-state index is 13.3. The van der Waals surface area contributed by atoms with Gasteiger partial charge in [0.05, 0.1) is 12.2 Å². The number of hydrogen-bond donors (Lipinski definition) is 2. The van der Waals surface area contributed by atoms with Gasteiger partial charge in [-0.15, -0.1) is 24.0 Å². The van der Waals surface area contributed by atoms with E-state index in [4.69, 9.17) is 0 Å². The van der Waals surface area contributed by atoms with E-state index in [1.165, 1.54) is 18.5 Å². The zero-order valence-electron chi connectivity index (χ0n) is 15.0. The van der Waals surface area contributed by atoms with Crippen LogP contribution in [0, 0.1) is 5.82 Å². The molecule has 0 saturated carbocycles. The fourth-order valence-electron chi connectivity index (χ4n) is 2.44. The molecule has 0 atom stereocenters. The summed E-state index contributed by atoms with van der Waals surface area (Å²) >= 11 is 0. The number of halogens is 2. The van der Waals surface area contributed by atoms with Crippen molar-refractivity contribution in [3.63, 3.8) is 0 Å². The summed E-state index contributed by atoms with van der Waals surface area (Å²) in [6, 6.07) is 14.5. The van der Waals surface area contributed by atoms with Gasteiger partial charge < -0.3 is 10.6 Å². The molecule has 3 aromatic rings. The van der Waals surface area contributed by atoms with Crippen LogP contribution < -0.4 is 10.6 Å². The number of nitrogens with one attached hydrogen (secondary N) is 2. The number of nitrogens with zero attached hydrogens (tertiary/aromatic N) is 4. The molecule has 0 radical (unpaired) electrons. The molecular formula is C19H22FIN6. The van der Waals surface area contributed by atoms with E-state index in [9.17, 15) is 4.39 Å². The van der Waals surface area contributed by atoms with E-state index >= 15 is 0 Å². The van der Waals surface area contributed by atoms with Crippen LogP contribution >= 0.6 is 24.0 Å². The van der Waals surface area contributed by atoms with Crippen molar-refractivity contribution in [1.29, 1.82) is 0 Å². The van der Waals surface area contributed by atoms with Gasteiger partial charge in [-0.2, -0.15) is 5.10 Å². The molecular weight excluding hydrogens is 458 g/mol. The highest BCUT2D eigenvalue weighted by molar-refractivity contribution is 14.0. The molecule has 0 saturated heterocycles. The van der Waals surface area contributed by atoms with Crippen molar-refractivity contribution in [2.24, 2.45) is 4.99 Å². The largest absolute Gasteiger partial charge is 0.357 e. The maximum absolute atomic E-state index is 13.3. The number of benzene rings is 2. The Bertz CT molecular complexity index is 849. The van der Waals surface area contributed by atoms with Gasteiger partial charge in [0.15, 0.2) is 5.96 Å². The zero-order valence-corrected chi connectivity index (χ0v) is 17.3. The lowest BCUT2D eigenvalue weighted by Crippen LogP contribution is -2.36. The Hall–Kier alpha value is -2.49. The standard InChI is InChI=1S/C19H21FN6.HI/c1-2-22-19(24-12-16-4-3-5-17(20)10-16)23-11-15-6-8-18(9-7-15)26-14-21-13-25-26;/h3-10,13-14H,2,11-12H2,1H3,(H2,22,23,24);1H. The molecule has 0 aliphatic heterocycles. The third-order valence-corrected chi connectivity index (χ3v) is 3.73. The Morgan fingerprint density at radius 2 is 1.93 bits per heavy atom. The van der Waals surface area contributed by atoms with Gasteiger partial charge in [0.2, 0.25) is 0 Å². The normalized spacial score (nSPS) is 11.0. The summed E-state index contributed by atoms with van der Waals surface area (Å²) in [6.45, 7) is 3.80. The van der Waals surface area contributed by atoms with Crippen molar-refractivity contribution in [3.8, 4) is 5.69 Å². The van der Waals surface area contributed by atoms with Crippen LogP contribution in [0.1, 0.15) is 18.1 Å².